The lowest BCUT2D eigenvalue weighted by molar-refractivity contribution is 0.555. The van der Waals surface area contributed by atoms with Crippen LogP contribution in [0.2, 0.25) is 0 Å². The summed E-state index contributed by atoms with van der Waals surface area (Å²) in [5, 5.41) is 4.24. The first-order valence-corrected chi connectivity index (χ1v) is 6.13. The summed E-state index contributed by atoms with van der Waals surface area (Å²) in [7, 11) is 0. The number of anilines is 1. The summed E-state index contributed by atoms with van der Waals surface area (Å²) in [6, 6.07) is 8.60. The molecule has 1 heterocycles. The predicted molar refractivity (Wildman–Crippen MR) is 64.0 cm³/mol. The molecule has 0 amide bonds. The van der Waals surface area contributed by atoms with Gasteiger partial charge in [-0.25, -0.2) is 0 Å². The van der Waals surface area contributed by atoms with E-state index in [1.165, 1.54) is 17.0 Å². The largest absolute Gasteiger partial charge is 0.384 e. The second-order valence-electron chi connectivity index (χ2n) is 4.15. The van der Waals surface area contributed by atoms with Crippen molar-refractivity contribution in [2.24, 2.45) is 5.92 Å². The summed E-state index contributed by atoms with van der Waals surface area (Å²) in [6.07, 6.45) is 1.30. The van der Waals surface area contributed by atoms with Gasteiger partial charge in [0, 0.05) is 22.4 Å². The molecule has 0 bridgehead atoms. The van der Waals surface area contributed by atoms with Gasteiger partial charge in [0.05, 0.1) is 0 Å². The van der Waals surface area contributed by atoms with E-state index < -0.39 is 0 Å². The monoisotopic (exact) mass is 207 g/mol. The van der Waals surface area contributed by atoms with Gasteiger partial charge >= 0.3 is 0 Å². The maximum Gasteiger partial charge on any atom is 0.0478 e. The molecule has 2 rings (SSSR count). The van der Waals surface area contributed by atoms with Crippen molar-refractivity contribution < 1.29 is 0 Å². The normalized spacial score (nSPS) is 27.0. The number of hydrogen-bond acceptors (Lipinski definition) is 2. The van der Waals surface area contributed by atoms with E-state index in [2.05, 4.69) is 43.4 Å². The van der Waals surface area contributed by atoms with Crippen molar-refractivity contribution in [3.63, 3.8) is 0 Å². The summed E-state index contributed by atoms with van der Waals surface area (Å²) in [6.45, 7) is 5.74. The highest BCUT2D eigenvalue weighted by atomic mass is 32.2. The van der Waals surface area contributed by atoms with Crippen LogP contribution in [0.4, 0.5) is 5.69 Å². The van der Waals surface area contributed by atoms with Crippen molar-refractivity contribution in [3.05, 3.63) is 24.3 Å². The molecule has 0 radical (unpaired) electrons. The summed E-state index contributed by atoms with van der Waals surface area (Å²) in [4.78, 5) is 1.40. The molecule has 2 unspecified atom stereocenters. The van der Waals surface area contributed by atoms with Crippen LogP contribution in [0.5, 0.6) is 0 Å². The summed E-state index contributed by atoms with van der Waals surface area (Å²) in [5.41, 5.74) is 1.30. The Hall–Kier alpha value is -0.630. The van der Waals surface area contributed by atoms with Crippen molar-refractivity contribution in [3.8, 4) is 0 Å². The van der Waals surface area contributed by atoms with Crippen LogP contribution < -0.4 is 5.32 Å². The second-order valence-corrected chi connectivity index (χ2v) is 5.63. The van der Waals surface area contributed by atoms with Gasteiger partial charge in [0.25, 0.3) is 0 Å². The van der Waals surface area contributed by atoms with Gasteiger partial charge < -0.3 is 5.32 Å². The molecule has 1 aliphatic heterocycles. The van der Waals surface area contributed by atoms with E-state index in [9.17, 15) is 0 Å². The molecule has 0 fully saturated rings. The molecule has 2 atom stereocenters. The van der Waals surface area contributed by atoms with E-state index in [1.807, 2.05) is 11.8 Å². The van der Waals surface area contributed by atoms with Gasteiger partial charge in [-0.05, 0) is 24.5 Å². The van der Waals surface area contributed by atoms with Crippen molar-refractivity contribution in [1.82, 2.24) is 0 Å². The SMILES string of the molecule is CC1CNc2ccccc2SC(C)C1. The van der Waals surface area contributed by atoms with Crippen LogP contribution in [0.1, 0.15) is 20.3 Å². The Morgan fingerprint density at radius 1 is 1.29 bits per heavy atom. The minimum atomic E-state index is 0.730. The van der Waals surface area contributed by atoms with Crippen LogP contribution in [-0.2, 0) is 0 Å². The highest BCUT2D eigenvalue weighted by Gasteiger charge is 2.15. The molecule has 0 saturated heterocycles. The highest BCUT2D eigenvalue weighted by Crippen LogP contribution is 2.34. The molecule has 0 aromatic heterocycles. The molecule has 76 valence electrons. The third-order valence-corrected chi connectivity index (χ3v) is 3.80. The lowest BCUT2D eigenvalue weighted by Crippen LogP contribution is -2.18. The molecule has 0 aliphatic carbocycles. The quantitative estimate of drug-likeness (QED) is 0.697. The van der Waals surface area contributed by atoms with Crippen LogP contribution in [0.3, 0.4) is 0 Å². The number of thioether (sulfide) groups is 1. The Morgan fingerprint density at radius 3 is 2.93 bits per heavy atom. The topological polar surface area (TPSA) is 12.0 Å². The smallest absolute Gasteiger partial charge is 0.0478 e. The maximum absolute atomic E-state index is 3.51. The van der Waals surface area contributed by atoms with Crippen molar-refractivity contribution >= 4 is 17.4 Å². The molecule has 0 spiro atoms. The summed E-state index contributed by atoms with van der Waals surface area (Å²) >= 11 is 1.99. The zero-order chi connectivity index (χ0) is 9.97. The van der Waals surface area contributed by atoms with Crippen LogP contribution in [-0.4, -0.2) is 11.8 Å². The van der Waals surface area contributed by atoms with Gasteiger partial charge in [-0.15, -0.1) is 11.8 Å². The van der Waals surface area contributed by atoms with E-state index in [4.69, 9.17) is 0 Å². The number of rotatable bonds is 0. The Bertz CT molecular complexity index is 311. The third kappa shape index (κ3) is 2.24. The Morgan fingerprint density at radius 2 is 2.07 bits per heavy atom. The number of benzene rings is 1. The lowest BCUT2D eigenvalue weighted by atomic mass is 10.1. The van der Waals surface area contributed by atoms with Gasteiger partial charge in [0.1, 0.15) is 0 Å². The first-order valence-electron chi connectivity index (χ1n) is 5.25. The van der Waals surface area contributed by atoms with Gasteiger partial charge in [-0.3, -0.25) is 0 Å². The number of para-hydroxylation sites is 1. The second kappa shape index (κ2) is 4.26. The van der Waals surface area contributed by atoms with E-state index in [0.29, 0.717) is 0 Å². The van der Waals surface area contributed by atoms with Gasteiger partial charge in [-0.2, -0.15) is 0 Å². The molecule has 1 N–H and O–H groups in total. The average Bonchev–Trinajstić information content (AvgIpc) is 2.14. The van der Waals surface area contributed by atoms with Crippen LogP contribution >= 0.6 is 11.8 Å². The van der Waals surface area contributed by atoms with Crippen molar-refractivity contribution in [2.45, 2.75) is 30.4 Å². The third-order valence-electron chi connectivity index (χ3n) is 2.59. The Labute approximate surface area is 90.3 Å². The van der Waals surface area contributed by atoms with E-state index >= 15 is 0 Å². The summed E-state index contributed by atoms with van der Waals surface area (Å²) in [5.74, 6) is 0.769. The molecule has 14 heavy (non-hydrogen) atoms. The van der Waals surface area contributed by atoms with Crippen LogP contribution in [0.25, 0.3) is 0 Å². The molecule has 0 saturated carbocycles. The van der Waals surface area contributed by atoms with Gasteiger partial charge in [-0.1, -0.05) is 26.0 Å². The van der Waals surface area contributed by atoms with Gasteiger partial charge in [0.2, 0.25) is 0 Å². The highest BCUT2D eigenvalue weighted by molar-refractivity contribution is 8.00. The molecule has 1 nitrogen and oxygen atoms in total. The zero-order valence-electron chi connectivity index (χ0n) is 8.79. The predicted octanol–water partition coefficient (Wildman–Crippen LogP) is 3.62. The lowest BCUT2D eigenvalue weighted by Gasteiger charge is -2.23. The van der Waals surface area contributed by atoms with Crippen LogP contribution in [0, 0.1) is 5.92 Å². The minimum Gasteiger partial charge on any atom is -0.384 e. The van der Waals surface area contributed by atoms with E-state index in [1.54, 1.807) is 0 Å². The van der Waals surface area contributed by atoms with Gasteiger partial charge in [0.15, 0.2) is 0 Å². The van der Waals surface area contributed by atoms with Crippen molar-refractivity contribution in [2.75, 3.05) is 11.9 Å². The molecule has 1 aromatic carbocycles. The molecule has 2 heteroatoms. The van der Waals surface area contributed by atoms with E-state index in [-0.39, 0.29) is 0 Å². The fraction of sp³-hybridized carbons (Fsp3) is 0.500. The fourth-order valence-electron chi connectivity index (χ4n) is 1.91. The number of fused-ring (bicyclic) bond motifs is 1. The van der Waals surface area contributed by atoms with Crippen molar-refractivity contribution in [1.29, 1.82) is 0 Å². The standard InChI is InChI=1S/C12H17NS/c1-9-7-10(2)14-12-6-4-3-5-11(12)13-8-9/h3-6,9-10,13H,7-8H2,1-2H3. The minimum absolute atomic E-state index is 0.730. The number of nitrogens with one attached hydrogen (secondary N) is 1. The maximum atomic E-state index is 3.51. The van der Waals surface area contributed by atoms with E-state index in [0.717, 1.165) is 17.7 Å². The zero-order valence-corrected chi connectivity index (χ0v) is 9.60. The molecule has 1 aliphatic rings. The molecule has 1 aromatic rings. The number of hydrogen-bond donors (Lipinski definition) is 1. The first-order chi connectivity index (χ1) is 6.75. The van der Waals surface area contributed by atoms with Crippen LogP contribution in [0.15, 0.2) is 29.2 Å². The first kappa shape index (κ1) is 9.91. The summed E-state index contributed by atoms with van der Waals surface area (Å²) < 4.78 is 0. The molecular weight excluding hydrogens is 190 g/mol. The average molecular weight is 207 g/mol. The Balaban J connectivity index is 2.24. The fourth-order valence-corrected chi connectivity index (χ4v) is 3.20. The molecular formula is C12H17NS. The Kier molecular flexibility index (Phi) is 3.02.